The van der Waals surface area contributed by atoms with Gasteiger partial charge in [0, 0.05) is 34.1 Å². The zero-order chi connectivity index (χ0) is 32.8. The standard InChI is InChI=1S/C44H34O4/c45-37-23-17-27-9-1-5-13-31(27)41(37)35(42-32-14-6-2-10-28(32)18-24-38(42)46)21-22-36(43-33-15-7-3-11-29(33)19-25-39(43)47)44-34-16-8-4-12-30(34)20-26-40(44)48/h1-20,23-26,35-36,45-48H,21-22H2. The van der Waals surface area contributed by atoms with Crippen molar-refractivity contribution in [2.45, 2.75) is 24.7 Å². The van der Waals surface area contributed by atoms with Crippen molar-refractivity contribution in [2.75, 3.05) is 0 Å². The Labute approximate surface area is 278 Å². The van der Waals surface area contributed by atoms with Crippen LogP contribution in [0.15, 0.2) is 146 Å². The Morgan fingerprint density at radius 1 is 0.292 bits per heavy atom. The normalized spacial score (nSPS) is 11.8. The predicted octanol–water partition coefficient (Wildman–Crippen LogP) is 10.9. The van der Waals surface area contributed by atoms with Crippen molar-refractivity contribution >= 4 is 43.1 Å². The summed E-state index contributed by atoms with van der Waals surface area (Å²) in [5.74, 6) is -0.239. The molecule has 8 aromatic rings. The van der Waals surface area contributed by atoms with Crippen LogP contribution in [0.2, 0.25) is 0 Å². The van der Waals surface area contributed by atoms with E-state index in [0.717, 1.165) is 65.3 Å². The lowest BCUT2D eigenvalue weighted by Gasteiger charge is -2.28. The van der Waals surface area contributed by atoms with E-state index >= 15 is 0 Å². The highest BCUT2D eigenvalue weighted by Crippen LogP contribution is 2.50. The Morgan fingerprint density at radius 2 is 0.521 bits per heavy atom. The van der Waals surface area contributed by atoms with Gasteiger partial charge in [-0.3, -0.25) is 0 Å². The van der Waals surface area contributed by atoms with Crippen molar-refractivity contribution in [2.24, 2.45) is 0 Å². The lowest BCUT2D eigenvalue weighted by molar-refractivity contribution is 0.440. The van der Waals surface area contributed by atoms with Crippen molar-refractivity contribution in [3.8, 4) is 23.0 Å². The molecule has 0 aromatic heterocycles. The number of benzene rings is 8. The summed E-state index contributed by atoms with van der Waals surface area (Å²) < 4.78 is 0. The largest absolute Gasteiger partial charge is 0.508 e. The van der Waals surface area contributed by atoms with Crippen LogP contribution in [0.5, 0.6) is 23.0 Å². The number of rotatable bonds is 7. The third-order valence-electron chi connectivity index (χ3n) is 9.93. The SMILES string of the molecule is Oc1ccc2ccccc2c1C(CCC(c1c(O)ccc2ccccc12)c1c(O)ccc2ccccc12)c1c(O)ccc2ccccc12. The molecule has 0 aliphatic rings. The van der Waals surface area contributed by atoms with Gasteiger partial charge in [-0.1, -0.05) is 121 Å². The molecule has 0 amide bonds. The van der Waals surface area contributed by atoms with Crippen LogP contribution in [-0.4, -0.2) is 20.4 Å². The van der Waals surface area contributed by atoms with Crippen LogP contribution in [-0.2, 0) is 0 Å². The molecular formula is C44H34O4. The molecule has 0 bridgehead atoms. The highest BCUT2D eigenvalue weighted by atomic mass is 16.3. The Balaban J connectivity index is 1.39. The van der Waals surface area contributed by atoms with Gasteiger partial charge in [0.25, 0.3) is 0 Å². The Morgan fingerprint density at radius 3 is 0.771 bits per heavy atom. The van der Waals surface area contributed by atoms with Crippen LogP contribution in [0.4, 0.5) is 0 Å². The second kappa shape index (κ2) is 12.0. The maximum absolute atomic E-state index is 11.6. The van der Waals surface area contributed by atoms with Crippen molar-refractivity contribution < 1.29 is 20.4 Å². The van der Waals surface area contributed by atoms with Gasteiger partial charge < -0.3 is 20.4 Å². The molecule has 0 saturated carbocycles. The second-order valence-electron chi connectivity index (χ2n) is 12.6. The Kier molecular flexibility index (Phi) is 7.34. The molecule has 8 rings (SSSR count). The molecule has 0 aliphatic carbocycles. The Hall–Kier alpha value is -6.00. The van der Waals surface area contributed by atoms with Crippen LogP contribution >= 0.6 is 0 Å². The molecule has 8 aromatic carbocycles. The van der Waals surface area contributed by atoms with Crippen LogP contribution in [0.25, 0.3) is 43.1 Å². The van der Waals surface area contributed by atoms with Gasteiger partial charge >= 0.3 is 0 Å². The van der Waals surface area contributed by atoms with Crippen LogP contribution in [0, 0.1) is 0 Å². The van der Waals surface area contributed by atoms with Gasteiger partial charge in [0.15, 0.2) is 0 Å². The summed E-state index contributed by atoms with van der Waals surface area (Å²) in [4.78, 5) is 0. The van der Waals surface area contributed by atoms with Gasteiger partial charge in [-0.05, 0) is 80.2 Å². The summed E-state index contributed by atoms with van der Waals surface area (Å²) >= 11 is 0. The third-order valence-corrected chi connectivity index (χ3v) is 9.93. The quantitative estimate of drug-likeness (QED) is 0.142. The van der Waals surface area contributed by atoms with Gasteiger partial charge in [0.1, 0.15) is 23.0 Å². The van der Waals surface area contributed by atoms with E-state index in [-0.39, 0.29) is 23.0 Å². The molecule has 0 aliphatic heterocycles. The zero-order valence-electron chi connectivity index (χ0n) is 26.2. The van der Waals surface area contributed by atoms with Gasteiger partial charge in [-0.2, -0.15) is 0 Å². The summed E-state index contributed by atoms with van der Waals surface area (Å²) in [6, 6.07) is 46.6. The van der Waals surface area contributed by atoms with Crippen LogP contribution in [0.1, 0.15) is 46.9 Å². The second-order valence-corrected chi connectivity index (χ2v) is 12.6. The van der Waals surface area contributed by atoms with Gasteiger partial charge in [-0.15, -0.1) is 0 Å². The monoisotopic (exact) mass is 626 g/mol. The molecular weight excluding hydrogens is 592 g/mol. The number of hydrogen-bond donors (Lipinski definition) is 4. The van der Waals surface area contributed by atoms with Crippen molar-refractivity contribution in [3.63, 3.8) is 0 Å². The number of phenolic OH excluding ortho intramolecular Hbond substituents is 4. The first-order valence-electron chi connectivity index (χ1n) is 16.3. The van der Waals surface area contributed by atoms with Crippen LogP contribution < -0.4 is 0 Å². The molecule has 0 spiro atoms. The third kappa shape index (κ3) is 4.94. The molecule has 0 heterocycles. The molecule has 4 N–H and O–H groups in total. The van der Waals surface area contributed by atoms with Gasteiger partial charge in [0.05, 0.1) is 0 Å². The Bertz CT molecular complexity index is 2140. The maximum Gasteiger partial charge on any atom is 0.120 e. The maximum atomic E-state index is 11.6. The smallest absolute Gasteiger partial charge is 0.120 e. The molecule has 0 atom stereocenters. The first-order chi connectivity index (χ1) is 23.5. The fraction of sp³-hybridized carbons (Fsp3) is 0.0909. The zero-order valence-corrected chi connectivity index (χ0v) is 26.2. The van der Waals surface area contributed by atoms with E-state index in [1.807, 2.05) is 121 Å². The average Bonchev–Trinajstić information content (AvgIpc) is 3.12. The first kappa shape index (κ1) is 29.4. The van der Waals surface area contributed by atoms with E-state index in [1.165, 1.54) is 0 Å². The molecule has 0 fully saturated rings. The number of fused-ring (bicyclic) bond motifs is 4. The van der Waals surface area contributed by atoms with E-state index in [2.05, 4.69) is 0 Å². The lowest BCUT2D eigenvalue weighted by atomic mass is 9.76. The van der Waals surface area contributed by atoms with E-state index in [4.69, 9.17) is 0 Å². The van der Waals surface area contributed by atoms with E-state index in [0.29, 0.717) is 12.8 Å². The van der Waals surface area contributed by atoms with Crippen LogP contribution in [0.3, 0.4) is 0 Å². The number of aromatic hydroxyl groups is 4. The minimum Gasteiger partial charge on any atom is -0.508 e. The minimum atomic E-state index is -0.432. The summed E-state index contributed by atoms with van der Waals surface area (Å²) in [5.41, 5.74) is 2.95. The molecule has 0 unspecified atom stereocenters. The summed E-state index contributed by atoms with van der Waals surface area (Å²) in [7, 11) is 0. The topological polar surface area (TPSA) is 80.9 Å². The first-order valence-corrected chi connectivity index (χ1v) is 16.3. The molecule has 234 valence electrons. The molecule has 48 heavy (non-hydrogen) atoms. The molecule has 0 radical (unpaired) electrons. The minimum absolute atomic E-state index is 0.156. The predicted molar refractivity (Wildman–Crippen MR) is 195 cm³/mol. The van der Waals surface area contributed by atoms with Crippen molar-refractivity contribution in [1.29, 1.82) is 0 Å². The van der Waals surface area contributed by atoms with E-state index in [9.17, 15) is 20.4 Å². The highest BCUT2D eigenvalue weighted by molar-refractivity contribution is 5.94. The van der Waals surface area contributed by atoms with E-state index < -0.39 is 11.8 Å². The van der Waals surface area contributed by atoms with Gasteiger partial charge in [0.2, 0.25) is 0 Å². The lowest BCUT2D eigenvalue weighted by Crippen LogP contribution is -2.10. The molecule has 4 heteroatoms. The van der Waals surface area contributed by atoms with E-state index in [1.54, 1.807) is 24.3 Å². The van der Waals surface area contributed by atoms with Gasteiger partial charge in [-0.25, -0.2) is 0 Å². The summed E-state index contributed by atoms with van der Waals surface area (Å²) in [6.07, 6.45) is 0.970. The molecule has 0 saturated heterocycles. The fourth-order valence-electron chi connectivity index (χ4n) is 7.80. The average molecular weight is 627 g/mol. The summed E-state index contributed by atoms with van der Waals surface area (Å²) in [6.45, 7) is 0. The number of hydrogen-bond acceptors (Lipinski definition) is 4. The van der Waals surface area contributed by atoms with Crippen molar-refractivity contribution in [1.82, 2.24) is 0 Å². The van der Waals surface area contributed by atoms with Crippen molar-refractivity contribution in [3.05, 3.63) is 168 Å². The fourth-order valence-corrected chi connectivity index (χ4v) is 7.80. The molecule has 4 nitrogen and oxygen atoms in total. The highest BCUT2D eigenvalue weighted by Gasteiger charge is 2.30. The summed E-state index contributed by atoms with van der Waals surface area (Å²) in [5, 5.41) is 54.0. The number of phenols is 4.